The summed E-state index contributed by atoms with van der Waals surface area (Å²) in [5.41, 5.74) is 5.99. The minimum atomic E-state index is -0.163. The second-order valence-electron chi connectivity index (χ2n) is 9.66. The number of ether oxygens (including phenoxy) is 1. The van der Waals surface area contributed by atoms with E-state index in [-0.39, 0.29) is 12.1 Å². The Morgan fingerprint density at radius 1 is 0.850 bits per heavy atom. The fourth-order valence-corrected chi connectivity index (χ4v) is 6.21. The topological polar surface area (TPSA) is 42.3 Å². The molecule has 1 fully saturated rings. The first-order chi connectivity index (χ1) is 19.4. The molecule has 2 unspecified atom stereocenters. The van der Waals surface area contributed by atoms with Gasteiger partial charge in [-0.3, -0.25) is 4.98 Å². The number of thiocarbonyl (C=S) groups is 1. The number of pyridine rings is 1. The molecule has 200 valence electrons. The van der Waals surface area contributed by atoms with Gasteiger partial charge in [0.2, 0.25) is 0 Å². The Morgan fingerprint density at radius 3 is 2.27 bits per heavy atom. The van der Waals surface area contributed by atoms with Crippen LogP contribution in [-0.2, 0) is 0 Å². The van der Waals surface area contributed by atoms with Crippen molar-refractivity contribution >= 4 is 46.2 Å². The molecule has 0 bridgehead atoms. The quantitative estimate of drug-likeness (QED) is 0.202. The monoisotopic (exact) mass is 584 g/mol. The van der Waals surface area contributed by atoms with E-state index in [4.69, 9.17) is 40.2 Å². The lowest BCUT2D eigenvalue weighted by atomic mass is 9.96. The molecule has 5 aromatic rings. The molecule has 0 amide bonds. The maximum Gasteiger partial charge on any atom is 0.174 e. The van der Waals surface area contributed by atoms with Gasteiger partial charge >= 0.3 is 0 Å². The van der Waals surface area contributed by atoms with Gasteiger partial charge in [-0.1, -0.05) is 47.5 Å². The van der Waals surface area contributed by atoms with Gasteiger partial charge in [0.15, 0.2) is 5.11 Å². The second kappa shape index (κ2) is 11.0. The molecule has 3 aromatic carbocycles. The van der Waals surface area contributed by atoms with E-state index in [1.165, 1.54) is 0 Å². The van der Waals surface area contributed by atoms with Crippen molar-refractivity contribution in [1.82, 2.24) is 14.9 Å². The Balaban J connectivity index is 1.43. The summed E-state index contributed by atoms with van der Waals surface area (Å²) >= 11 is 18.8. The summed E-state index contributed by atoms with van der Waals surface area (Å²) in [5.74, 6) is 1.54. The number of hydrogen-bond acceptors (Lipinski definition) is 3. The van der Waals surface area contributed by atoms with Crippen LogP contribution >= 0.6 is 35.4 Å². The van der Waals surface area contributed by atoms with Crippen molar-refractivity contribution in [3.05, 3.63) is 136 Å². The fourth-order valence-electron chi connectivity index (χ4n) is 5.37. The van der Waals surface area contributed by atoms with Crippen LogP contribution in [0.1, 0.15) is 34.7 Å². The largest absolute Gasteiger partial charge is 0.457 e. The number of nitrogens with one attached hydrogen (secondary N) is 1. The Kier molecular flexibility index (Phi) is 7.24. The number of para-hydroxylation sites is 1. The van der Waals surface area contributed by atoms with Crippen LogP contribution in [-0.4, -0.2) is 14.7 Å². The molecule has 40 heavy (non-hydrogen) atoms. The normalized spacial score (nSPS) is 16.7. The van der Waals surface area contributed by atoms with Crippen molar-refractivity contribution in [3.63, 3.8) is 0 Å². The third-order valence-electron chi connectivity index (χ3n) is 7.13. The zero-order chi connectivity index (χ0) is 27.8. The molecule has 0 aliphatic carbocycles. The Morgan fingerprint density at radius 2 is 1.57 bits per heavy atom. The third kappa shape index (κ3) is 4.94. The molecule has 0 radical (unpaired) electrons. The summed E-state index contributed by atoms with van der Waals surface area (Å²) < 4.78 is 8.20. The molecule has 0 saturated carbocycles. The van der Waals surface area contributed by atoms with Crippen LogP contribution < -0.4 is 15.0 Å². The summed E-state index contributed by atoms with van der Waals surface area (Å²) in [7, 11) is 0. The predicted octanol–water partition coefficient (Wildman–Crippen LogP) is 8.77. The van der Waals surface area contributed by atoms with Crippen LogP contribution in [0.25, 0.3) is 5.69 Å². The summed E-state index contributed by atoms with van der Waals surface area (Å²) in [4.78, 5) is 6.85. The zero-order valence-corrected chi connectivity index (χ0v) is 24.2. The number of benzene rings is 3. The van der Waals surface area contributed by atoms with Gasteiger partial charge in [0, 0.05) is 28.3 Å². The lowest BCUT2D eigenvalue weighted by molar-refractivity contribution is 0.482. The first-order valence-electron chi connectivity index (χ1n) is 12.9. The number of halogens is 2. The summed E-state index contributed by atoms with van der Waals surface area (Å²) in [6.07, 6.45) is 1.81. The molecule has 3 heterocycles. The molecule has 1 saturated heterocycles. The average molecular weight is 586 g/mol. The van der Waals surface area contributed by atoms with Gasteiger partial charge in [0.25, 0.3) is 0 Å². The second-order valence-corrected chi connectivity index (χ2v) is 10.9. The molecule has 5 nitrogen and oxygen atoms in total. The molecule has 2 aromatic heterocycles. The van der Waals surface area contributed by atoms with Gasteiger partial charge in [0.1, 0.15) is 11.5 Å². The van der Waals surface area contributed by atoms with E-state index >= 15 is 0 Å². The number of aromatic nitrogens is 2. The Labute approximate surface area is 249 Å². The van der Waals surface area contributed by atoms with Crippen molar-refractivity contribution in [3.8, 4) is 17.2 Å². The first kappa shape index (κ1) is 26.4. The SMILES string of the molecule is Cc1cc(C2C(c3ccccn3)NC(=S)N2c2ccc(Oc3ccccc3)cc2)c(C)n1-c1ccc(Cl)cc1Cl. The van der Waals surface area contributed by atoms with Crippen LogP contribution in [0.15, 0.2) is 103 Å². The Bertz CT molecular complexity index is 1670. The predicted molar refractivity (Wildman–Crippen MR) is 166 cm³/mol. The van der Waals surface area contributed by atoms with Crippen LogP contribution in [0.3, 0.4) is 0 Å². The van der Waals surface area contributed by atoms with E-state index in [1.54, 1.807) is 6.07 Å². The van der Waals surface area contributed by atoms with E-state index < -0.39 is 0 Å². The van der Waals surface area contributed by atoms with Crippen molar-refractivity contribution in [2.45, 2.75) is 25.9 Å². The van der Waals surface area contributed by atoms with Crippen LogP contribution in [0.4, 0.5) is 5.69 Å². The van der Waals surface area contributed by atoms with E-state index in [1.807, 2.05) is 91.1 Å². The molecule has 2 atom stereocenters. The lowest BCUT2D eigenvalue weighted by Gasteiger charge is -2.28. The smallest absolute Gasteiger partial charge is 0.174 e. The molecule has 1 aliphatic rings. The van der Waals surface area contributed by atoms with Crippen LogP contribution in [0, 0.1) is 13.8 Å². The highest BCUT2D eigenvalue weighted by atomic mass is 35.5. The number of nitrogens with zero attached hydrogens (tertiary/aromatic N) is 3. The molecule has 8 heteroatoms. The van der Waals surface area contributed by atoms with Gasteiger partial charge < -0.3 is 19.5 Å². The van der Waals surface area contributed by atoms with Crippen molar-refractivity contribution in [1.29, 1.82) is 0 Å². The van der Waals surface area contributed by atoms with Gasteiger partial charge in [-0.25, -0.2) is 0 Å². The van der Waals surface area contributed by atoms with E-state index in [0.29, 0.717) is 15.2 Å². The maximum absolute atomic E-state index is 6.65. The highest BCUT2D eigenvalue weighted by Gasteiger charge is 2.42. The molecular formula is C32H26Cl2N4OS. The van der Waals surface area contributed by atoms with Crippen LogP contribution in [0.5, 0.6) is 11.5 Å². The first-order valence-corrected chi connectivity index (χ1v) is 14.0. The van der Waals surface area contributed by atoms with Gasteiger partial charge in [0.05, 0.1) is 28.5 Å². The van der Waals surface area contributed by atoms with Crippen molar-refractivity contribution in [2.24, 2.45) is 0 Å². The lowest BCUT2D eigenvalue weighted by Crippen LogP contribution is -2.29. The van der Waals surface area contributed by atoms with Gasteiger partial charge in [-0.2, -0.15) is 0 Å². The van der Waals surface area contributed by atoms with Crippen molar-refractivity contribution < 1.29 is 4.74 Å². The molecule has 6 rings (SSSR count). The molecule has 1 N–H and O–H groups in total. The summed E-state index contributed by atoms with van der Waals surface area (Å²) in [6.45, 7) is 4.19. The minimum absolute atomic E-state index is 0.158. The molecular weight excluding hydrogens is 559 g/mol. The van der Waals surface area contributed by atoms with Crippen molar-refractivity contribution in [2.75, 3.05) is 4.90 Å². The third-order valence-corrected chi connectivity index (χ3v) is 7.98. The number of hydrogen-bond donors (Lipinski definition) is 1. The fraction of sp³-hybridized carbons (Fsp3) is 0.125. The average Bonchev–Trinajstić information content (AvgIpc) is 3.45. The summed E-state index contributed by atoms with van der Waals surface area (Å²) in [6, 6.07) is 31.2. The number of aryl methyl sites for hydroxylation is 1. The van der Waals surface area contributed by atoms with E-state index in [2.05, 4.69) is 39.7 Å². The standard InChI is InChI=1S/C32H26Cl2N4OS/c1-20-18-26(21(2)37(20)29-16-11-22(33)19-27(29)34)31-30(28-10-6-7-17-35-28)36-32(40)38(31)23-12-14-25(15-13-23)39-24-8-4-3-5-9-24/h3-19,30-31H,1-2H3,(H,36,40). The molecule has 1 aliphatic heterocycles. The highest BCUT2D eigenvalue weighted by Crippen LogP contribution is 2.44. The number of anilines is 1. The minimum Gasteiger partial charge on any atom is -0.457 e. The molecule has 0 spiro atoms. The zero-order valence-electron chi connectivity index (χ0n) is 21.9. The number of rotatable bonds is 6. The van der Waals surface area contributed by atoms with E-state index in [0.717, 1.165) is 45.5 Å². The van der Waals surface area contributed by atoms with Crippen LogP contribution in [0.2, 0.25) is 10.0 Å². The highest BCUT2D eigenvalue weighted by molar-refractivity contribution is 7.80. The summed E-state index contributed by atoms with van der Waals surface area (Å²) in [5, 5.41) is 5.37. The van der Waals surface area contributed by atoms with Gasteiger partial charge in [-0.05, 0) is 104 Å². The van der Waals surface area contributed by atoms with Gasteiger partial charge in [-0.15, -0.1) is 0 Å². The van der Waals surface area contributed by atoms with E-state index in [9.17, 15) is 0 Å². The Hall–Kier alpha value is -3.84. The maximum atomic E-state index is 6.65.